The smallest absolute Gasteiger partial charge is 0.247 e. The Bertz CT molecular complexity index is 1310. The van der Waals surface area contributed by atoms with Crippen molar-refractivity contribution >= 4 is 33.4 Å². The van der Waals surface area contributed by atoms with Crippen LogP contribution in [0.2, 0.25) is 0 Å². The second-order valence-corrected chi connectivity index (χ2v) is 6.89. The minimum atomic E-state index is -0.395. The molecule has 0 fully saturated rings. The summed E-state index contributed by atoms with van der Waals surface area (Å²) < 4.78 is 2.07. The largest absolute Gasteiger partial charge is 0.328 e. The van der Waals surface area contributed by atoms with Crippen LogP contribution in [0, 0.1) is 0 Å². The van der Waals surface area contributed by atoms with E-state index in [-0.39, 0.29) is 5.91 Å². The number of nitrogens with one attached hydrogen (secondary N) is 2. The van der Waals surface area contributed by atoms with Crippen molar-refractivity contribution < 1.29 is 4.79 Å². The van der Waals surface area contributed by atoms with Gasteiger partial charge in [0.15, 0.2) is 0 Å². The van der Waals surface area contributed by atoms with Gasteiger partial charge in [0.1, 0.15) is 6.04 Å². The molecule has 0 saturated carbocycles. The van der Waals surface area contributed by atoms with Crippen molar-refractivity contribution in [2.45, 2.75) is 13.0 Å². The van der Waals surface area contributed by atoms with Gasteiger partial charge in [0.2, 0.25) is 11.7 Å². The van der Waals surface area contributed by atoms with Gasteiger partial charge in [0, 0.05) is 33.1 Å². The van der Waals surface area contributed by atoms with E-state index in [0.717, 1.165) is 33.1 Å². The Balaban J connectivity index is 1.63. The Morgan fingerprint density at radius 3 is 2.52 bits per heavy atom. The average molecular weight is 382 g/mol. The quantitative estimate of drug-likeness (QED) is 0.488. The van der Waals surface area contributed by atoms with Crippen molar-refractivity contribution in [2.24, 2.45) is 0 Å². The van der Waals surface area contributed by atoms with Crippen LogP contribution in [0.1, 0.15) is 13.0 Å². The van der Waals surface area contributed by atoms with E-state index in [9.17, 15) is 4.79 Å². The number of carbonyl (C=O) groups is 1. The number of nitrogens with zero attached hydrogens (tertiary/aromatic N) is 4. The molecule has 1 amide bonds. The van der Waals surface area contributed by atoms with Gasteiger partial charge in [-0.25, -0.2) is 0 Å². The van der Waals surface area contributed by atoms with Crippen LogP contribution in [-0.4, -0.2) is 31.1 Å². The number of hydrogen-bond acceptors (Lipinski definition) is 4. The predicted molar refractivity (Wildman–Crippen MR) is 112 cm³/mol. The zero-order valence-corrected chi connectivity index (χ0v) is 15.7. The van der Waals surface area contributed by atoms with Crippen molar-refractivity contribution in [1.82, 2.24) is 25.2 Å². The molecule has 0 aliphatic carbocycles. The summed E-state index contributed by atoms with van der Waals surface area (Å²) in [5, 5.41) is 19.4. The molecule has 7 heteroatoms. The zero-order chi connectivity index (χ0) is 19.8. The maximum Gasteiger partial charge on any atom is 0.247 e. The SMILES string of the molecule is CC(C(=O)Nc1ccccc1)n1c2ccccc2c2cc(-c3nn[nH]n3)ccc21. The van der Waals surface area contributed by atoms with Gasteiger partial charge in [0.05, 0.1) is 0 Å². The van der Waals surface area contributed by atoms with Crippen LogP contribution >= 0.6 is 0 Å². The van der Waals surface area contributed by atoms with Crippen LogP contribution in [0.4, 0.5) is 5.69 Å². The third kappa shape index (κ3) is 2.93. The van der Waals surface area contributed by atoms with Crippen molar-refractivity contribution in [3.8, 4) is 11.4 Å². The molecule has 5 rings (SSSR count). The van der Waals surface area contributed by atoms with Gasteiger partial charge in [-0.15, -0.1) is 10.2 Å². The van der Waals surface area contributed by atoms with Gasteiger partial charge in [-0.05, 0) is 48.5 Å². The first-order valence-electron chi connectivity index (χ1n) is 9.35. The number of aromatic nitrogens is 5. The molecule has 0 saturated heterocycles. The Labute approximate surface area is 166 Å². The number of anilines is 1. The Morgan fingerprint density at radius 2 is 1.72 bits per heavy atom. The molecule has 1 atom stereocenters. The van der Waals surface area contributed by atoms with E-state index in [1.165, 1.54) is 0 Å². The molecule has 29 heavy (non-hydrogen) atoms. The topological polar surface area (TPSA) is 88.5 Å². The summed E-state index contributed by atoms with van der Waals surface area (Å²) in [5.41, 5.74) is 3.64. The lowest BCUT2D eigenvalue weighted by Crippen LogP contribution is -2.23. The standard InChI is InChI=1S/C22H18N6O/c1-14(22(29)23-16-7-3-2-4-8-16)28-19-10-6-5-9-17(19)18-13-15(11-12-20(18)28)21-24-26-27-25-21/h2-14H,1H3,(H,23,29)(H,24,25,26,27). The van der Waals surface area contributed by atoms with Crippen molar-refractivity contribution in [3.63, 3.8) is 0 Å². The van der Waals surface area contributed by atoms with Crippen LogP contribution in [-0.2, 0) is 4.79 Å². The van der Waals surface area contributed by atoms with Gasteiger partial charge >= 0.3 is 0 Å². The molecule has 2 aromatic heterocycles. The second-order valence-electron chi connectivity index (χ2n) is 6.89. The van der Waals surface area contributed by atoms with Crippen LogP contribution < -0.4 is 5.32 Å². The van der Waals surface area contributed by atoms with E-state index in [4.69, 9.17) is 0 Å². The Hall–Kier alpha value is -4.00. The Kier molecular flexibility index (Phi) is 4.05. The number of rotatable bonds is 4. The van der Waals surface area contributed by atoms with Gasteiger partial charge in [0.25, 0.3) is 0 Å². The maximum atomic E-state index is 13.0. The lowest BCUT2D eigenvalue weighted by Gasteiger charge is -2.17. The predicted octanol–water partition coefficient (Wildman–Crippen LogP) is 4.17. The lowest BCUT2D eigenvalue weighted by molar-refractivity contribution is -0.118. The summed E-state index contributed by atoms with van der Waals surface area (Å²) >= 11 is 0. The number of benzene rings is 3. The van der Waals surface area contributed by atoms with Crippen LogP contribution in [0.25, 0.3) is 33.2 Å². The molecule has 2 heterocycles. The zero-order valence-electron chi connectivity index (χ0n) is 15.7. The van der Waals surface area contributed by atoms with E-state index < -0.39 is 6.04 Å². The molecule has 3 aromatic carbocycles. The van der Waals surface area contributed by atoms with E-state index >= 15 is 0 Å². The molecule has 0 aliphatic rings. The van der Waals surface area contributed by atoms with Gasteiger partial charge in [-0.2, -0.15) is 5.21 Å². The van der Waals surface area contributed by atoms with Crippen LogP contribution in [0.5, 0.6) is 0 Å². The van der Waals surface area contributed by atoms with E-state index in [2.05, 4.69) is 36.6 Å². The average Bonchev–Trinajstić information content (AvgIpc) is 3.40. The van der Waals surface area contributed by atoms with Gasteiger partial charge in [-0.3, -0.25) is 4.79 Å². The van der Waals surface area contributed by atoms with E-state index in [0.29, 0.717) is 5.82 Å². The maximum absolute atomic E-state index is 13.0. The van der Waals surface area contributed by atoms with Crippen LogP contribution in [0.15, 0.2) is 72.8 Å². The highest BCUT2D eigenvalue weighted by atomic mass is 16.2. The fraction of sp³-hybridized carbons (Fsp3) is 0.0909. The summed E-state index contributed by atoms with van der Waals surface area (Å²) in [5.74, 6) is 0.472. The van der Waals surface area contributed by atoms with Crippen molar-refractivity contribution in [3.05, 3.63) is 72.8 Å². The number of H-pyrrole nitrogens is 1. The van der Waals surface area contributed by atoms with Crippen molar-refractivity contribution in [1.29, 1.82) is 0 Å². The van der Waals surface area contributed by atoms with Crippen molar-refractivity contribution in [2.75, 3.05) is 5.32 Å². The number of carbonyl (C=O) groups excluding carboxylic acids is 1. The molecule has 5 aromatic rings. The number of para-hydroxylation sites is 2. The first kappa shape index (κ1) is 17.1. The molecule has 7 nitrogen and oxygen atoms in total. The normalized spacial score (nSPS) is 12.3. The first-order chi connectivity index (χ1) is 14.2. The first-order valence-corrected chi connectivity index (χ1v) is 9.35. The number of hydrogen-bond donors (Lipinski definition) is 2. The molecule has 142 valence electrons. The molecule has 0 aliphatic heterocycles. The summed E-state index contributed by atoms with van der Waals surface area (Å²) in [6.45, 7) is 1.91. The number of aromatic amines is 1. The number of fused-ring (bicyclic) bond motifs is 3. The van der Waals surface area contributed by atoms with E-state index in [1.54, 1.807) is 0 Å². The third-order valence-corrected chi connectivity index (χ3v) is 5.12. The summed E-state index contributed by atoms with van der Waals surface area (Å²) in [7, 11) is 0. The monoisotopic (exact) mass is 382 g/mol. The molecule has 0 spiro atoms. The second kappa shape index (κ2) is 6.87. The number of tetrazole rings is 1. The fourth-order valence-electron chi connectivity index (χ4n) is 3.73. The Morgan fingerprint density at radius 1 is 0.966 bits per heavy atom. The number of amides is 1. The lowest BCUT2D eigenvalue weighted by atomic mass is 10.1. The molecular formula is C22H18N6O. The summed E-state index contributed by atoms with van der Waals surface area (Å²) in [4.78, 5) is 13.0. The summed E-state index contributed by atoms with van der Waals surface area (Å²) in [6.07, 6.45) is 0. The van der Waals surface area contributed by atoms with Crippen LogP contribution in [0.3, 0.4) is 0 Å². The molecule has 0 bridgehead atoms. The highest BCUT2D eigenvalue weighted by Gasteiger charge is 2.21. The fourth-order valence-corrected chi connectivity index (χ4v) is 3.73. The van der Waals surface area contributed by atoms with Gasteiger partial charge < -0.3 is 9.88 Å². The summed E-state index contributed by atoms with van der Waals surface area (Å²) in [6, 6.07) is 23.2. The molecule has 1 unspecified atom stereocenters. The molecule has 0 radical (unpaired) electrons. The third-order valence-electron chi connectivity index (χ3n) is 5.12. The minimum Gasteiger partial charge on any atom is -0.328 e. The minimum absolute atomic E-state index is 0.0684. The molecule has 2 N–H and O–H groups in total. The molecular weight excluding hydrogens is 364 g/mol. The van der Waals surface area contributed by atoms with Gasteiger partial charge in [-0.1, -0.05) is 36.4 Å². The van der Waals surface area contributed by atoms with E-state index in [1.807, 2.05) is 73.7 Å². The highest BCUT2D eigenvalue weighted by molar-refractivity contribution is 6.10. The highest BCUT2D eigenvalue weighted by Crippen LogP contribution is 2.34.